The van der Waals surface area contributed by atoms with Gasteiger partial charge >= 0.3 is 0 Å². The van der Waals surface area contributed by atoms with Crippen molar-refractivity contribution in [2.24, 2.45) is 0 Å². The van der Waals surface area contributed by atoms with Crippen molar-refractivity contribution in [3.8, 4) is 17.2 Å². The monoisotopic (exact) mass is 445 g/mol. The summed E-state index contributed by atoms with van der Waals surface area (Å²) in [7, 11) is -3.52. The summed E-state index contributed by atoms with van der Waals surface area (Å²) in [6.07, 6.45) is 2.81. The second kappa shape index (κ2) is 9.35. The minimum Gasteiger partial charge on any atom is -0.322 e. The average Bonchev–Trinajstić information content (AvgIpc) is 2.85. The van der Waals surface area contributed by atoms with Gasteiger partial charge in [0.2, 0.25) is 10.0 Å². The molecule has 0 unspecified atom stereocenters. The Bertz CT molecular complexity index is 1270. The third-order valence-electron chi connectivity index (χ3n) is 5.57. The van der Waals surface area contributed by atoms with Gasteiger partial charge < -0.3 is 5.32 Å². The Kier molecular flexibility index (Phi) is 6.35. The fraction of sp³-hybridized carbons (Fsp3) is 0.200. The number of sulfonamides is 1. The summed E-state index contributed by atoms with van der Waals surface area (Å²) < 4.78 is 27.2. The molecule has 1 amide bonds. The zero-order chi connectivity index (χ0) is 22.6. The molecular weight excluding hydrogens is 422 g/mol. The molecule has 1 fully saturated rings. The number of rotatable bonds is 5. The fourth-order valence-corrected chi connectivity index (χ4v) is 5.41. The van der Waals surface area contributed by atoms with Gasteiger partial charge in [-0.25, -0.2) is 8.42 Å². The molecule has 6 nitrogen and oxygen atoms in total. The number of hydrogen-bond acceptors (Lipinski definition) is 4. The summed E-state index contributed by atoms with van der Waals surface area (Å²) >= 11 is 0. The molecule has 0 spiro atoms. The number of nitriles is 1. The molecule has 0 saturated carbocycles. The molecule has 0 bridgehead atoms. The van der Waals surface area contributed by atoms with Crippen LogP contribution in [0.3, 0.4) is 0 Å². The van der Waals surface area contributed by atoms with Crippen LogP contribution in [0.2, 0.25) is 0 Å². The van der Waals surface area contributed by atoms with E-state index in [0.717, 1.165) is 19.3 Å². The molecule has 1 saturated heterocycles. The van der Waals surface area contributed by atoms with Crippen LogP contribution in [0.5, 0.6) is 0 Å². The molecule has 0 aromatic heterocycles. The highest BCUT2D eigenvalue weighted by Gasteiger charge is 2.25. The van der Waals surface area contributed by atoms with Crippen LogP contribution in [0, 0.1) is 11.3 Å². The second-order valence-electron chi connectivity index (χ2n) is 7.65. The average molecular weight is 446 g/mol. The number of anilines is 1. The molecule has 1 heterocycles. The van der Waals surface area contributed by atoms with Crippen molar-refractivity contribution in [1.29, 1.82) is 5.26 Å². The molecule has 0 aliphatic carbocycles. The van der Waals surface area contributed by atoms with Crippen LogP contribution >= 0.6 is 0 Å². The van der Waals surface area contributed by atoms with E-state index in [1.807, 2.05) is 18.2 Å². The first-order valence-electron chi connectivity index (χ1n) is 10.5. The Morgan fingerprint density at radius 3 is 2.16 bits per heavy atom. The normalized spacial score (nSPS) is 14.5. The zero-order valence-corrected chi connectivity index (χ0v) is 18.3. The van der Waals surface area contributed by atoms with E-state index in [1.165, 1.54) is 16.4 Å². The molecule has 1 N–H and O–H groups in total. The van der Waals surface area contributed by atoms with E-state index < -0.39 is 10.0 Å². The van der Waals surface area contributed by atoms with E-state index in [-0.39, 0.29) is 10.8 Å². The van der Waals surface area contributed by atoms with Crippen molar-refractivity contribution < 1.29 is 13.2 Å². The fourth-order valence-electron chi connectivity index (χ4n) is 3.89. The summed E-state index contributed by atoms with van der Waals surface area (Å²) in [5.41, 5.74) is 2.76. The number of piperidine rings is 1. The summed E-state index contributed by atoms with van der Waals surface area (Å²) in [4.78, 5) is 13.2. The molecule has 32 heavy (non-hydrogen) atoms. The number of amides is 1. The molecule has 1 aliphatic heterocycles. The smallest absolute Gasteiger partial charge is 0.256 e. The third-order valence-corrected chi connectivity index (χ3v) is 7.49. The van der Waals surface area contributed by atoms with Crippen LogP contribution in [0.15, 0.2) is 77.7 Å². The van der Waals surface area contributed by atoms with Crippen molar-refractivity contribution >= 4 is 21.6 Å². The number of carbonyl (C=O) groups is 1. The molecule has 162 valence electrons. The van der Waals surface area contributed by atoms with E-state index in [0.29, 0.717) is 41.0 Å². The quantitative estimate of drug-likeness (QED) is 0.619. The van der Waals surface area contributed by atoms with Crippen molar-refractivity contribution in [3.05, 3.63) is 83.9 Å². The Morgan fingerprint density at radius 2 is 1.47 bits per heavy atom. The summed E-state index contributed by atoms with van der Waals surface area (Å²) in [6.45, 7) is 1.09. The van der Waals surface area contributed by atoms with Gasteiger partial charge in [-0.2, -0.15) is 9.57 Å². The number of benzene rings is 3. The Balaban J connectivity index is 1.56. The summed E-state index contributed by atoms with van der Waals surface area (Å²) in [6, 6.07) is 22.6. The molecule has 0 atom stereocenters. The molecule has 7 heteroatoms. The van der Waals surface area contributed by atoms with E-state index in [2.05, 4.69) is 11.4 Å². The Hall–Kier alpha value is -3.47. The molecular formula is C25H23N3O3S. The van der Waals surface area contributed by atoms with E-state index in [4.69, 9.17) is 0 Å². The second-order valence-corrected chi connectivity index (χ2v) is 9.58. The van der Waals surface area contributed by atoms with Crippen LogP contribution in [-0.4, -0.2) is 31.7 Å². The number of nitrogens with zero attached hydrogens (tertiary/aromatic N) is 2. The third kappa shape index (κ3) is 4.42. The van der Waals surface area contributed by atoms with Crippen molar-refractivity contribution in [2.45, 2.75) is 24.2 Å². The van der Waals surface area contributed by atoms with Crippen molar-refractivity contribution in [3.63, 3.8) is 0 Å². The highest BCUT2D eigenvalue weighted by molar-refractivity contribution is 7.89. The number of carbonyl (C=O) groups excluding carboxylic acids is 1. The first-order chi connectivity index (χ1) is 15.5. The first-order valence-corrected chi connectivity index (χ1v) is 11.9. The van der Waals surface area contributed by atoms with Gasteiger partial charge in [-0.3, -0.25) is 4.79 Å². The molecule has 4 rings (SSSR count). The van der Waals surface area contributed by atoms with Gasteiger partial charge in [-0.05, 0) is 54.8 Å². The summed E-state index contributed by atoms with van der Waals surface area (Å²) in [5, 5.41) is 12.3. The highest BCUT2D eigenvalue weighted by atomic mass is 32.2. The van der Waals surface area contributed by atoms with Gasteiger partial charge in [-0.15, -0.1) is 0 Å². The lowest BCUT2D eigenvalue weighted by molar-refractivity contribution is 0.102. The molecule has 1 aliphatic rings. The van der Waals surface area contributed by atoms with Gasteiger partial charge in [-0.1, -0.05) is 42.8 Å². The summed E-state index contributed by atoms with van der Waals surface area (Å²) in [5.74, 6) is -0.333. The van der Waals surface area contributed by atoms with Crippen LogP contribution in [-0.2, 0) is 10.0 Å². The van der Waals surface area contributed by atoms with Gasteiger partial charge in [0.25, 0.3) is 5.91 Å². The maximum atomic E-state index is 13.0. The number of hydrogen-bond donors (Lipinski definition) is 1. The van der Waals surface area contributed by atoms with Crippen LogP contribution in [0.1, 0.15) is 35.2 Å². The van der Waals surface area contributed by atoms with Crippen LogP contribution < -0.4 is 5.32 Å². The minimum absolute atomic E-state index is 0.223. The topological polar surface area (TPSA) is 90.3 Å². The van der Waals surface area contributed by atoms with E-state index in [9.17, 15) is 18.5 Å². The van der Waals surface area contributed by atoms with Crippen molar-refractivity contribution in [2.75, 3.05) is 18.4 Å². The first kappa shape index (κ1) is 21.8. The molecule has 3 aromatic carbocycles. The van der Waals surface area contributed by atoms with Gasteiger partial charge in [0.05, 0.1) is 16.5 Å². The predicted octanol–water partition coefficient (Wildman–Crippen LogP) is 4.65. The van der Waals surface area contributed by atoms with E-state index in [1.54, 1.807) is 42.5 Å². The largest absolute Gasteiger partial charge is 0.322 e. The predicted molar refractivity (Wildman–Crippen MR) is 124 cm³/mol. The number of nitrogens with one attached hydrogen (secondary N) is 1. The standard InChI is InChI=1S/C25H23N3O3S/c26-18-19-8-2-3-9-22(19)23-10-4-5-11-24(23)25(29)27-20-12-14-21(15-13-20)32(30,31)28-16-6-1-7-17-28/h2-5,8-15H,1,6-7,16-17H2,(H,27,29). The van der Waals surface area contributed by atoms with Gasteiger partial charge in [0, 0.05) is 29.9 Å². The highest BCUT2D eigenvalue weighted by Crippen LogP contribution is 2.28. The lowest BCUT2D eigenvalue weighted by atomic mass is 9.95. The van der Waals surface area contributed by atoms with Crippen molar-refractivity contribution in [1.82, 2.24) is 4.31 Å². The van der Waals surface area contributed by atoms with Gasteiger partial charge in [0.1, 0.15) is 0 Å². The minimum atomic E-state index is -3.52. The lowest BCUT2D eigenvalue weighted by Gasteiger charge is -2.25. The zero-order valence-electron chi connectivity index (χ0n) is 17.5. The Labute approximate surface area is 188 Å². The maximum absolute atomic E-state index is 13.0. The lowest BCUT2D eigenvalue weighted by Crippen LogP contribution is -2.35. The van der Waals surface area contributed by atoms with E-state index >= 15 is 0 Å². The maximum Gasteiger partial charge on any atom is 0.256 e. The van der Waals surface area contributed by atoms with Crippen LogP contribution in [0.4, 0.5) is 5.69 Å². The van der Waals surface area contributed by atoms with Crippen LogP contribution in [0.25, 0.3) is 11.1 Å². The molecule has 3 aromatic rings. The SMILES string of the molecule is N#Cc1ccccc1-c1ccccc1C(=O)Nc1ccc(S(=O)(=O)N2CCCCC2)cc1. The Morgan fingerprint density at radius 1 is 0.844 bits per heavy atom. The van der Waals surface area contributed by atoms with Gasteiger partial charge in [0.15, 0.2) is 0 Å². The molecule has 0 radical (unpaired) electrons.